The zero-order chi connectivity index (χ0) is 15.1. The van der Waals surface area contributed by atoms with Crippen molar-refractivity contribution in [1.82, 2.24) is 10.6 Å². The predicted octanol–water partition coefficient (Wildman–Crippen LogP) is 2.44. The van der Waals surface area contributed by atoms with Crippen LogP contribution in [0.25, 0.3) is 0 Å². The molecule has 1 atom stereocenters. The summed E-state index contributed by atoms with van der Waals surface area (Å²) in [5.41, 5.74) is 0. The number of amides is 1. The lowest BCUT2D eigenvalue weighted by molar-refractivity contribution is -0.122. The van der Waals surface area contributed by atoms with E-state index in [4.69, 9.17) is 0 Å². The molecule has 0 fully saturated rings. The molecule has 0 aromatic rings. The minimum absolute atomic E-state index is 0.0444. The van der Waals surface area contributed by atoms with Gasteiger partial charge in [-0.05, 0) is 20.4 Å². The van der Waals surface area contributed by atoms with E-state index in [1.54, 1.807) is 7.05 Å². The van der Waals surface area contributed by atoms with E-state index in [0.717, 1.165) is 12.8 Å². The SMILES string of the molecule is C=C.CCCCCCCC(=O)NCC(NC)C(C)=O. The van der Waals surface area contributed by atoms with Gasteiger partial charge in [0.1, 0.15) is 5.78 Å². The van der Waals surface area contributed by atoms with Crippen molar-refractivity contribution < 1.29 is 9.59 Å². The molecular formula is C15H30N2O2. The van der Waals surface area contributed by atoms with Gasteiger partial charge in [0, 0.05) is 13.0 Å². The van der Waals surface area contributed by atoms with E-state index in [2.05, 4.69) is 30.7 Å². The average Bonchev–Trinajstić information content (AvgIpc) is 2.41. The van der Waals surface area contributed by atoms with E-state index in [1.807, 2.05) is 0 Å². The first kappa shape index (κ1) is 20.2. The van der Waals surface area contributed by atoms with Crippen LogP contribution in [-0.2, 0) is 9.59 Å². The number of hydrogen-bond acceptors (Lipinski definition) is 3. The molecule has 19 heavy (non-hydrogen) atoms. The average molecular weight is 270 g/mol. The van der Waals surface area contributed by atoms with Gasteiger partial charge < -0.3 is 10.6 Å². The maximum absolute atomic E-state index is 11.5. The molecule has 112 valence electrons. The molecule has 1 amide bonds. The third kappa shape index (κ3) is 13.1. The van der Waals surface area contributed by atoms with Gasteiger partial charge in [0.05, 0.1) is 6.04 Å². The van der Waals surface area contributed by atoms with Crippen LogP contribution in [0.3, 0.4) is 0 Å². The molecule has 0 aliphatic carbocycles. The van der Waals surface area contributed by atoms with E-state index < -0.39 is 0 Å². The van der Waals surface area contributed by atoms with Crippen molar-refractivity contribution in [3.8, 4) is 0 Å². The quantitative estimate of drug-likeness (QED) is 0.473. The number of likely N-dealkylation sites (N-methyl/N-ethyl adjacent to an activating group) is 1. The molecule has 2 N–H and O–H groups in total. The fraction of sp³-hybridized carbons (Fsp3) is 0.733. The van der Waals surface area contributed by atoms with Crippen molar-refractivity contribution in [2.45, 2.75) is 58.4 Å². The highest BCUT2D eigenvalue weighted by Crippen LogP contribution is 2.04. The van der Waals surface area contributed by atoms with Crippen LogP contribution in [0.1, 0.15) is 52.4 Å². The Labute approximate surface area is 118 Å². The Morgan fingerprint density at radius 1 is 1.11 bits per heavy atom. The molecule has 4 heteroatoms. The Morgan fingerprint density at radius 3 is 2.16 bits per heavy atom. The van der Waals surface area contributed by atoms with Gasteiger partial charge >= 0.3 is 0 Å². The summed E-state index contributed by atoms with van der Waals surface area (Å²) in [7, 11) is 1.73. The van der Waals surface area contributed by atoms with E-state index >= 15 is 0 Å². The number of carbonyl (C=O) groups excluding carboxylic acids is 2. The van der Waals surface area contributed by atoms with Crippen molar-refractivity contribution >= 4 is 11.7 Å². The van der Waals surface area contributed by atoms with Gasteiger partial charge in [-0.2, -0.15) is 0 Å². The third-order valence-electron chi connectivity index (χ3n) is 2.85. The number of hydrogen-bond donors (Lipinski definition) is 2. The largest absolute Gasteiger partial charge is 0.354 e. The van der Waals surface area contributed by atoms with E-state index in [-0.39, 0.29) is 17.7 Å². The number of ketones is 1. The molecule has 0 saturated carbocycles. The Balaban J connectivity index is 0. The second-order valence-corrected chi connectivity index (χ2v) is 4.42. The van der Waals surface area contributed by atoms with Gasteiger partial charge in [-0.1, -0.05) is 32.6 Å². The number of unbranched alkanes of at least 4 members (excludes halogenated alkanes) is 4. The van der Waals surface area contributed by atoms with Gasteiger partial charge in [0.25, 0.3) is 0 Å². The summed E-state index contributed by atoms with van der Waals surface area (Å²) < 4.78 is 0. The van der Waals surface area contributed by atoms with Gasteiger partial charge in [-0.3, -0.25) is 9.59 Å². The van der Waals surface area contributed by atoms with E-state index in [1.165, 1.54) is 26.2 Å². The highest BCUT2D eigenvalue weighted by Gasteiger charge is 2.12. The van der Waals surface area contributed by atoms with E-state index in [0.29, 0.717) is 13.0 Å². The van der Waals surface area contributed by atoms with Gasteiger partial charge in [-0.15, -0.1) is 13.2 Å². The molecule has 0 aliphatic heterocycles. The third-order valence-corrected chi connectivity index (χ3v) is 2.85. The van der Waals surface area contributed by atoms with Gasteiger partial charge in [0.2, 0.25) is 5.91 Å². The van der Waals surface area contributed by atoms with Crippen molar-refractivity contribution in [3.63, 3.8) is 0 Å². The Kier molecular flexibility index (Phi) is 15.8. The maximum Gasteiger partial charge on any atom is 0.220 e. The fourth-order valence-corrected chi connectivity index (χ4v) is 1.64. The summed E-state index contributed by atoms with van der Waals surface area (Å²) in [6.07, 6.45) is 6.29. The molecule has 0 rings (SSSR count). The van der Waals surface area contributed by atoms with Crippen LogP contribution in [0.2, 0.25) is 0 Å². The standard InChI is InChI=1S/C13H26N2O2.C2H4/c1-4-5-6-7-8-9-13(17)15-10-12(14-3)11(2)16;1-2/h12,14H,4-10H2,1-3H3,(H,15,17);1-2H2. The van der Waals surface area contributed by atoms with Crippen LogP contribution in [0.5, 0.6) is 0 Å². The predicted molar refractivity (Wildman–Crippen MR) is 81.2 cm³/mol. The topological polar surface area (TPSA) is 58.2 Å². The number of Topliss-reactive ketones (excluding diaryl/α,β-unsaturated/α-hetero) is 1. The summed E-state index contributed by atoms with van der Waals surface area (Å²) in [5.74, 6) is 0.0961. The molecule has 4 nitrogen and oxygen atoms in total. The van der Waals surface area contributed by atoms with Crippen LogP contribution in [-0.4, -0.2) is 31.3 Å². The highest BCUT2D eigenvalue weighted by atomic mass is 16.1. The molecule has 0 aliphatic rings. The molecule has 0 aromatic carbocycles. The minimum Gasteiger partial charge on any atom is -0.354 e. The number of nitrogens with one attached hydrogen (secondary N) is 2. The van der Waals surface area contributed by atoms with E-state index in [9.17, 15) is 9.59 Å². The summed E-state index contributed by atoms with van der Waals surface area (Å²) in [4.78, 5) is 22.6. The second kappa shape index (κ2) is 14.9. The van der Waals surface area contributed by atoms with Gasteiger partial charge in [-0.25, -0.2) is 0 Å². The number of rotatable bonds is 10. The van der Waals surface area contributed by atoms with Crippen molar-refractivity contribution in [2.75, 3.05) is 13.6 Å². The first-order valence-electron chi connectivity index (χ1n) is 7.06. The minimum atomic E-state index is -0.265. The normalized spacial score (nSPS) is 11.1. The Bertz CT molecular complexity index is 242. The summed E-state index contributed by atoms with van der Waals surface area (Å²) in [5, 5.41) is 5.66. The van der Waals surface area contributed by atoms with Crippen LogP contribution >= 0.6 is 0 Å². The van der Waals surface area contributed by atoms with Crippen LogP contribution < -0.4 is 10.6 Å². The fourth-order valence-electron chi connectivity index (χ4n) is 1.64. The lowest BCUT2D eigenvalue weighted by Gasteiger charge is -2.13. The smallest absolute Gasteiger partial charge is 0.220 e. The summed E-state index contributed by atoms with van der Waals surface area (Å²) >= 11 is 0. The van der Waals surface area contributed by atoms with Crippen molar-refractivity contribution in [1.29, 1.82) is 0 Å². The van der Waals surface area contributed by atoms with Crippen molar-refractivity contribution in [2.24, 2.45) is 0 Å². The molecule has 0 radical (unpaired) electrons. The molecule has 0 saturated heterocycles. The lowest BCUT2D eigenvalue weighted by atomic mass is 10.1. The zero-order valence-electron chi connectivity index (χ0n) is 12.8. The first-order valence-corrected chi connectivity index (χ1v) is 7.06. The first-order chi connectivity index (χ1) is 9.11. The molecule has 0 bridgehead atoms. The highest BCUT2D eigenvalue weighted by molar-refractivity contribution is 5.83. The van der Waals surface area contributed by atoms with Crippen LogP contribution in [0.15, 0.2) is 13.2 Å². The molecule has 1 unspecified atom stereocenters. The Hall–Kier alpha value is -1.16. The van der Waals surface area contributed by atoms with Gasteiger partial charge in [0.15, 0.2) is 0 Å². The van der Waals surface area contributed by atoms with Crippen LogP contribution in [0, 0.1) is 0 Å². The maximum atomic E-state index is 11.5. The van der Waals surface area contributed by atoms with Crippen molar-refractivity contribution in [3.05, 3.63) is 13.2 Å². The summed E-state index contributed by atoms with van der Waals surface area (Å²) in [6, 6.07) is -0.265. The second-order valence-electron chi connectivity index (χ2n) is 4.42. The molecular weight excluding hydrogens is 240 g/mol. The molecule has 0 heterocycles. The molecule has 0 aromatic heterocycles. The summed E-state index contributed by atoms with van der Waals surface area (Å²) in [6.45, 7) is 10.1. The zero-order valence-corrected chi connectivity index (χ0v) is 12.8. The monoisotopic (exact) mass is 270 g/mol. The van der Waals surface area contributed by atoms with Crippen LogP contribution in [0.4, 0.5) is 0 Å². The lowest BCUT2D eigenvalue weighted by Crippen LogP contribution is -2.43. The Morgan fingerprint density at radius 2 is 1.68 bits per heavy atom. The molecule has 0 spiro atoms. The number of carbonyl (C=O) groups is 2.